The fourth-order valence-electron chi connectivity index (χ4n) is 0.799. The Bertz CT molecular complexity index is 98.3. The molecule has 2 heteroatoms. The van der Waals surface area contributed by atoms with Crippen molar-refractivity contribution in [2.75, 3.05) is 13.6 Å². The van der Waals surface area contributed by atoms with Crippen molar-refractivity contribution in [3.05, 3.63) is 0 Å². The zero-order chi connectivity index (χ0) is 5.28. The molecule has 0 fully saturated rings. The van der Waals surface area contributed by atoms with Gasteiger partial charge in [0.2, 0.25) is 0 Å². The molecule has 0 spiro atoms. The summed E-state index contributed by atoms with van der Waals surface area (Å²) in [5.41, 5.74) is 1.42. The summed E-state index contributed by atoms with van der Waals surface area (Å²) in [6, 6.07) is 0. The van der Waals surface area contributed by atoms with Gasteiger partial charge in [0, 0.05) is 0 Å². The summed E-state index contributed by atoms with van der Waals surface area (Å²) >= 11 is 0. The minimum atomic E-state index is 1.21. The van der Waals surface area contributed by atoms with Crippen molar-refractivity contribution >= 4 is 12.5 Å². The van der Waals surface area contributed by atoms with Crippen LogP contribution in [0.15, 0.2) is 0 Å². The van der Waals surface area contributed by atoms with E-state index in [0.717, 1.165) is 0 Å². The first-order chi connectivity index (χ1) is 3.30. The molecule has 1 aliphatic heterocycles. The van der Waals surface area contributed by atoms with Crippen molar-refractivity contribution in [2.24, 2.45) is 0 Å². The van der Waals surface area contributed by atoms with Crippen LogP contribution in [0.5, 0.6) is 0 Å². The average molecular weight is 95.0 g/mol. The number of rotatable bonds is 0. The molecule has 0 saturated carbocycles. The Morgan fingerprint density at radius 3 is 2.57 bits per heavy atom. The van der Waals surface area contributed by atoms with Crippen molar-refractivity contribution < 1.29 is 0 Å². The summed E-state index contributed by atoms with van der Waals surface area (Å²) in [7, 11) is 2.12. The SMILES string of the molecule is CC1=BCCN1C. The summed E-state index contributed by atoms with van der Waals surface area (Å²) in [5.74, 6) is 0. The average Bonchev–Trinajstić information content (AvgIpc) is 1.91. The fraction of sp³-hybridized carbons (Fsp3) is 0.800. The third-order valence-corrected chi connectivity index (χ3v) is 1.51. The third-order valence-electron chi connectivity index (χ3n) is 1.51. The second-order valence-electron chi connectivity index (χ2n) is 2.06. The molecule has 0 amide bonds. The monoisotopic (exact) mass is 95.1 g/mol. The maximum absolute atomic E-state index is 2.26. The van der Waals surface area contributed by atoms with Gasteiger partial charge in [0.25, 0.3) is 0 Å². The number of hydrogen-bond donors (Lipinski definition) is 0. The van der Waals surface area contributed by atoms with Crippen LogP contribution in [-0.4, -0.2) is 31.0 Å². The molecule has 1 nitrogen and oxygen atoms in total. The molecule has 0 aromatic carbocycles. The van der Waals surface area contributed by atoms with Crippen molar-refractivity contribution in [3.63, 3.8) is 0 Å². The molecule has 1 heterocycles. The van der Waals surface area contributed by atoms with Crippen LogP contribution >= 0.6 is 0 Å². The van der Waals surface area contributed by atoms with E-state index in [9.17, 15) is 0 Å². The molecule has 1 aliphatic rings. The molecule has 0 radical (unpaired) electrons. The fourth-order valence-corrected chi connectivity index (χ4v) is 0.799. The second-order valence-corrected chi connectivity index (χ2v) is 2.06. The molecule has 0 aromatic rings. The molecule has 0 unspecified atom stereocenters. The minimum absolute atomic E-state index is 1.21. The van der Waals surface area contributed by atoms with Crippen LogP contribution in [0, 0.1) is 0 Å². The Morgan fingerprint density at radius 1 is 1.71 bits per heavy atom. The molecule has 38 valence electrons. The van der Waals surface area contributed by atoms with E-state index >= 15 is 0 Å². The molecule has 0 saturated heterocycles. The van der Waals surface area contributed by atoms with Gasteiger partial charge in [0.15, 0.2) is 0 Å². The van der Waals surface area contributed by atoms with E-state index in [4.69, 9.17) is 0 Å². The molecule has 0 aliphatic carbocycles. The predicted octanol–water partition coefficient (Wildman–Crippen LogP) is 0.204. The van der Waals surface area contributed by atoms with Gasteiger partial charge in [0.1, 0.15) is 0 Å². The zero-order valence-electron chi connectivity index (χ0n) is 4.94. The topological polar surface area (TPSA) is 3.24 Å². The Labute approximate surface area is 45.2 Å². The zero-order valence-corrected chi connectivity index (χ0v) is 4.94. The van der Waals surface area contributed by atoms with Crippen LogP contribution in [0.1, 0.15) is 6.92 Å². The Balaban J connectivity index is 2.54. The molecule has 7 heavy (non-hydrogen) atoms. The van der Waals surface area contributed by atoms with E-state index in [1.54, 1.807) is 0 Å². The van der Waals surface area contributed by atoms with Gasteiger partial charge in [0.05, 0.1) is 0 Å². The van der Waals surface area contributed by atoms with E-state index in [-0.39, 0.29) is 0 Å². The first-order valence-electron chi connectivity index (χ1n) is 2.68. The Kier molecular flexibility index (Phi) is 1.18. The van der Waals surface area contributed by atoms with Gasteiger partial charge >= 0.3 is 44.2 Å². The van der Waals surface area contributed by atoms with E-state index in [1.807, 2.05) is 0 Å². The molecule has 0 atom stereocenters. The van der Waals surface area contributed by atoms with Gasteiger partial charge in [-0.15, -0.1) is 0 Å². The van der Waals surface area contributed by atoms with Gasteiger partial charge in [-0.05, 0) is 0 Å². The van der Waals surface area contributed by atoms with E-state index in [2.05, 4.69) is 25.8 Å². The van der Waals surface area contributed by atoms with Crippen molar-refractivity contribution in [3.8, 4) is 0 Å². The van der Waals surface area contributed by atoms with Crippen LogP contribution in [0.4, 0.5) is 0 Å². The summed E-state index contributed by atoms with van der Waals surface area (Å²) in [4.78, 5) is 2.26. The Morgan fingerprint density at radius 2 is 2.43 bits per heavy atom. The van der Waals surface area contributed by atoms with Gasteiger partial charge < -0.3 is 0 Å². The third kappa shape index (κ3) is 0.844. The molecule has 1 rings (SSSR count). The second kappa shape index (κ2) is 1.69. The normalized spacial score (nSPS) is 19.1. The predicted molar refractivity (Wildman–Crippen MR) is 33.9 cm³/mol. The summed E-state index contributed by atoms with van der Waals surface area (Å²) in [5, 5.41) is 0. The van der Waals surface area contributed by atoms with Crippen molar-refractivity contribution in [1.29, 1.82) is 0 Å². The van der Waals surface area contributed by atoms with Crippen molar-refractivity contribution in [2.45, 2.75) is 13.2 Å². The van der Waals surface area contributed by atoms with Gasteiger partial charge in [-0.1, -0.05) is 0 Å². The molecular formula is C5H10BN. The van der Waals surface area contributed by atoms with E-state index in [1.165, 1.54) is 18.5 Å². The summed E-state index contributed by atoms with van der Waals surface area (Å²) < 4.78 is 0. The van der Waals surface area contributed by atoms with Crippen LogP contribution in [0.3, 0.4) is 0 Å². The van der Waals surface area contributed by atoms with Gasteiger partial charge in [-0.2, -0.15) is 0 Å². The van der Waals surface area contributed by atoms with Gasteiger partial charge in [-0.25, -0.2) is 0 Å². The molecular weight excluding hydrogens is 84.9 g/mol. The van der Waals surface area contributed by atoms with Crippen LogP contribution in [0.25, 0.3) is 0 Å². The molecule has 0 bridgehead atoms. The first kappa shape index (κ1) is 4.88. The van der Waals surface area contributed by atoms with Gasteiger partial charge in [-0.3, -0.25) is 0 Å². The number of hydrogen-bond acceptors (Lipinski definition) is 1. The van der Waals surface area contributed by atoms with E-state index in [0.29, 0.717) is 0 Å². The van der Waals surface area contributed by atoms with Crippen LogP contribution < -0.4 is 0 Å². The molecule has 0 N–H and O–H groups in total. The number of nitrogens with zero attached hydrogens (tertiary/aromatic N) is 1. The Hall–Kier alpha value is -0.265. The van der Waals surface area contributed by atoms with E-state index < -0.39 is 0 Å². The van der Waals surface area contributed by atoms with Crippen molar-refractivity contribution in [1.82, 2.24) is 4.90 Å². The quantitative estimate of drug-likeness (QED) is 0.388. The van der Waals surface area contributed by atoms with Crippen LogP contribution in [0.2, 0.25) is 6.32 Å². The maximum atomic E-state index is 2.26. The van der Waals surface area contributed by atoms with Crippen LogP contribution in [-0.2, 0) is 0 Å². The standard InChI is InChI=1S/C5H10BN/c1-5-6-3-4-7(5)2/h3-4H2,1-2H3. The summed E-state index contributed by atoms with van der Waals surface area (Å²) in [6.07, 6.45) is 1.24. The first-order valence-corrected chi connectivity index (χ1v) is 2.68. The summed E-state index contributed by atoms with van der Waals surface area (Å²) in [6.45, 7) is 5.62. The molecule has 0 aromatic heterocycles.